The third-order valence-corrected chi connectivity index (χ3v) is 17.9. The molecule has 3 atom stereocenters. The van der Waals surface area contributed by atoms with Crippen LogP contribution >= 0.6 is 7.82 Å². The van der Waals surface area contributed by atoms with Gasteiger partial charge in [-0.3, -0.25) is 9.36 Å². The maximum atomic E-state index is 13.1. The molecule has 0 saturated heterocycles. The molecule has 0 saturated carbocycles. The lowest BCUT2D eigenvalue weighted by molar-refractivity contribution is -0.870. The molecule has 0 rings (SSSR count). The van der Waals surface area contributed by atoms with Crippen molar-refractivity contribution in [2.45, 2.75) is 392 Å². The number of carbonyl (C=O) groups excluding carboxylic acids is 1. The number of carbonyl (C=O) groups is 1. The summed E-state index contributed by atoms with van der Waals surface area (Å²) in [7, 11) is 1.33. The minimum absolute atomic E-state index is 0.0155. The summed E-state index contributed by atoms with van der Waals surface area (Å²) in [6.45, 7) is 4.78. The van der Waals surface area contributed by atoms with Crippen LogP contribution in [0.25, 0.3) is 0 Å². The number of quaternary nitrogens is 1. The van der Waals surface area contributed by atoms with E-state index in [0.29, 0.717) is 23.9 Å². The van der Waals surface area contributed by atoms with Crippen LogP contribution in [0.5, 0.6) is 0 Å². The summed E-state index contributed by atoms with van der Waals surface area (Å²) in [5, 5.41) is 14.1. The number of phosphoric ester groups is 1. The molecule has 482 valence electrons. The summed E-state index contributed by atoms with van der Waals surface area (Å²) < 4.78 is 23.5. The van der Waals surface area contributed by atoms with Crippen molar-refractivity contribution < 1.29 is 32.9 Å². The minimum Gasteiger partial charge on any atom is -0.756 e. The SMILES string of the molecule is CCCCCCC/C=C\C/C=C\CCCCCCCCCCCCCCCCCCCCCCCCCC(=O)NC(COP(=O)([O-])OCC[N+](C)(C)C)C(O)CCCCCCCCCCCCCCCCCCCCCCCCCC. The Balaban J connectivity index is 3.95. The van der Waals surface area contributed by atoms with Crippen LogP contribution in [-0.4, -0.2) is 68.5 Å². The lowest BCUT2D eigenvalue weighted by Crippen LogP contribution is -2.46. The fraction of sp³-hybridized carbons (Fsp3) is 0.931. The highest BCUT2D eigenvalue weighted by Crippen LogP contribution is 2.38. The van der Waals surface area contributed by atoms with Gasteiger partial charge in [-0.05, 0) is 44.9 Å². The van der Waals surface area contributed by atoms with Gasteiger partial charge in [0.25, 0.3) is 7.82 Å². The molecule has 0 aliphatic heterocycles. The highest BCUT2D eigenvalue weighted by Gasteiger charge is 2.24. The van der Waals surface area contributed by atoms with Gasteiger partial charge in [0.2, 0.25) is 5.91 Å². The number of nitrogens with one attached hydrogen (secondary N) is 1. The average Bonchev–Trinajstić information content (AvgIpc) is 3.43. The van der Waals surface area contributed by atoms with Gasteiger partial charge in [-0.2, -0.15) is 0 Å². The number of hydrogen-bond donors (Lipinski definition) is 2. The lowest BCUT2D eigenvalue weighted by atomic mass is 10.0. The zero-order valence-corrected chi connectivity index (χ0v) is 56.2. The average molecular weight is 1160 g/mol. The first-order chi connectivity index (χ1) is 39.5. The third-order valence-electron chi connectivity index (χ3n) is 16.9. The summed E-state index contributed by atoms with van der Waals surface area (Å²) in [4.78, 5) is 25.7. The normalized spacial score (nSPS) is 13.7. The van der Waals surface area contributed by atoms with E-state index in [4.69, 9.17) is 9.05 Å². The number of nitrogens with zero attached hydrogens (tertiary/aromatic N) is 1. The van der Waals surface area contributed by atoms with Gasteiger partial charge in [0.1, 0.15) is 13.2 Å². The van der Waals surface area contributed by atoms with Gasteiger partial charge in [0.15, 0.2) is 0 Å². The summed E-state index contributed by atoms with van der Waals surface area (Å²) in [5.41, 5.74) is 0. The van der Waals surface area contributed by atoms with Crippen molar-refractivity contribution in [2.75, 3.05) is 40.9 Å². The summed E-state index contributed by atoms with van der Waals surface area (Å²) in [5.74, 6) is -0.155. The van der Waals surface area contributed by atoms with Gasteiger partial charge in [-0.15, -0.1) is 0 Å². The predicted molar refractivity (Wildman–Crippen MR) is 353 cm³/mol. The molecule has 0 spiro atoms. The Morgan fingerprint density at radius 1 is 0.432 bits per heavy atom. The van der Waals surface area contributed by atoms with Crippen molar-refractivity contribution in [1.82, 2.24) is 5.32 Å². The van der Waals surface area contributed by atoms with Gasteiger partial charge in [0.05, 0.1) is 39.9 Å². The van der Waals surface area contributed by atoms with Crippen LogP contribution < -0.4 is 10.2 Å². The number of hydrogen-bond acceptors (Lipinski definition) is 6. The molecule has 2 N–H and O–H groups in total. The van der Waals surface area contributed by atoms with Crippen LogP contribution in [-0.2, 0) is 18.4 Å². The van der Waals surface area contributed by atoms with Gasteiger partial charge >= 0.3 is 0 Å². The third kappa shape index (κ3) is 66.4. The number of allylic oxidation sites excluding steroid dienone is 4. The van der Waals surface area contributed by atoms with Crippen molar-refractivity contribution in [3.05, 3.63) is 24.3 Å². The second-order valence-corrected chi connectivity index (χ2v) is 27.7. The molecule has 81 heavy (non-hydrogen) atoms. The number of aliphatic hydroxyl groups excluding tert-OH is 1. The van der Waals surface area contributed by atoms with E-state index in [2.05, 4.69) is 43.5 Å². The van der Waals surface area contributed by atoms with Crippen molar-refractivity contribution in [2.24, 2.45) is 0 Å². The Labute approximate surface area is 506 Å². The molecule has 0 aromatic heterocycles. The monoisotopic (exact) mass is 1160 g/mol. The van der Waals surface area contributed by atoms with E-state index in [-0.39, 0.29) is 19.1 Å². The molecule has 0 aromatic rings. The number of likely N-dealkylation sites (N-methyl/N-ethyl adjacent to an activating group) is 1. The van der Waals surface area contributed by atoms with Crippen LogP contribution in [0.2, 0.25) is 0 Å². The maximum absolute atomic E-state index is 13.1. The molecule has 0 aliphatic rings. The molecule has 0 bridgehead atoms. The molecule has 0 heterocycles. The van der Waals surface area contributed by atoms with E-state index in [1.807, 2.05) is 21.1 Å². The molecule has 0 fully saturated rings. The lowest BCUT2D eigenvalue weighted by Gasteiger charge is -2.30. The zero-order chi connectivity index (χ0) is 59.1. The largest absolute Gasteiger partial charge is 0.756 e. The van der Waals surface area contributed by atoms with E-state index in [1.165, 1.54) is 308 Å². The highest BCUT2D eigenvalue weighted by molar-refractivity contribution is 7.45. The Hall–Kier alpha value is -1.02. The minimum atomic E-state index is -4.58. The van der Waals surface area contributed by atoms with Gasteiger partial charge in [0, 0.05) is 6.42 Å². The first kappa shape index (κ1) is 80.0. The summed E-state index contributed by atoms with van der Waals surface area (Å²) in [6.07, 6.45) is 82.7. The molecule has 0 aromatic carbocycles. The second-order valence-electron chi connectivity index (χ2n) is 26.3. The van der Waals surface area contributed by atoms with E-state index in [9.17, 15) is 19.4 Å². The molecule has 0 aliphatic carbocycles. The Morgan fingerprint density at radius 2 is 0.716 bits per heavy atom. The van der Waals surface area contributed by atoms with E-state index < -0.39 is 20.0 Å². The molecule has 0 radical (unpaired) electrons. The number of aliphatic hydroxyl groups is 1. The molecule has 8 nitrogen and oxygen atoms in total. The van der Waals surface area contributed by atoms with Gasteiger partial charge < -0.3 is 28.8 Å². The van der Waals surface area contributed by atoms with Gasteiger partial charge in [-0.1, -0.05) is 353 Å². The van der Waals surface area contributed by atoms with Crippen LogP contribution in [0.1, 0.15) is 380 Å². The molecular formula is C72H143N2O6P. The van der Waals surface area contributed by atoms with Crippen LogP contribution in [0.15, 0.2) is 24.3 Å². The standard InChI is InChI=1S/C72H143N2O6P/c1-6-8-10-12-14-16-18-20-22-24-26-28-30-32-33-34-35-36-37-38-39-40-41-42-44-46-48-50-52-54-56-58-60-62-64-66-72(76)73-70(69-80-81(77,78)79-68-67-74(3,4)5)71(75)65-63-61-59-57-55-53-51-49-47-45-43-31-29-27-25-23-21-19-17-15-13-11-9-7-2/h18,20,24,26,70-71,75H,6-17,19,21-23,25,27-69H2,1-5H3,(H-,73,76,77,78)/b20-18-,26-24-. The van der Waals surface area contributed by atoms with E-state index >= 15 is 0 Å². The molecule has 9 heteroatoms. The number of rotatable bonds is 68. The second kappa shape index (κ2) is 63.5. The molecule has 3 unspecified atom stereocenters. The fourth-order valence-corrected chi connectivity index (χ4v) is 12.0. The Kier molecular flexibility index (Phi) is 62.7. The van der Waals surface area contributed by atoms with Crippen LogP contribution in [0.3, 0.4) is 0 Å². The van der Waals surface area contributed by atoms with Crippen molar-refractivity contribution in [3.8, 4) is 0 Å². The zero-order valence-electron chi connectivity index (χ0n) is 55.3. The van der Waals surface area contributed by atoms with Crippen LogP contribution in [0, 0.1) is 0 Å². The van der Waals surface area contributed by atoms with Crippen molar-refractivity contribution in [3.63, 3.8) is 0 Å². The first-order valence-electron chi connectivity index (χ1n) is 36.2. The smallest absolute Gasteiger partial charge is 0.268 e. The van der Waals surface area contributed by atoms with E-state index in [1.54, 1.807) is 0 Å². The highest BCUT2D eigenvalue weighted by atomic mass is 31.2. The Bertz CT molecular complexity index is 1370. The molecule has 1 amide bonds. The topological polar surface area (TPSA) is 108 Å². The predicted octanol–water partition coefficient (Wildman–Crippen LogP) is 22.4. The van der Waals surface area contributed by atoms with Crippen molar-refractivity contribution in [1.29, 1.82) is 0 Å². The quantitative estimate of drug-likeness (QED) is 0.0272. The van der Waals surface area contributed by atoms with Gasteiger partial charge in [-0.25, -0.2) is 0 Å². The first-order valence-corrected chi connectivity index (χ1v) is 37.6. The van der Waals surface area contributed by atoms with Crippen LogP contribution in [0.4, 0.5) is 0 Å². The number of amides is 1. The fourth-order valence-electron chi connectivity index (χ4n) is 11.3. The van der Waals surface area contributed by atoms with E-state index in [0.717, 1.165) is 44.9 Å². The summed E-state index contributed by atoms with van der Waals surface area (Å²) in [6, 6.07) is -0.799. The number of unbranched alkanes of at least 4 members (excludes halogenated alkanes) is 51. The maximum Gasteiger partial charge on any atom is 0.268 e. The van der Waals surface area contributed by atoms with Crippen molar-refractivity contribution >= 4 is 13.7 Å². The Morgan fingerprint density at radius 3 is 1.02 bits per heavy atom. The molecular weight excluding hydrogens is 1020 g/mol. The number of phosphoric acid groups is 1. The summed E-state index contributed by atoms with van der Waals surface area (Å²) >= 11 is 0.